The van der Waals surface area contributed by atoms with Crippen LogP contribution in [0.25, 0.3) is 10.5 Å². The van der Waals surface area contributed by atoms with E-state index in [9.17, 15) is 14.7 Å². The van der Waals surface area contributed by atoms with Crippen LogP contribution in [0.2, 0.25) is 0 Å². The zero-order chi connectivity index (χ0) is 20.8. The lowest BCUT2D eigenvalue weighted by molar-refractivity contribution is -0.135. The van der Waals surface area contributed by atoms with Gasteiger partial charge in [-0.2, -0.15) is 0 Å². The first-order valence-corrected chi connectivity index (χ1v) is 10.9. The van der Waals surface area contributed by atoms with Gasteiger partial charge >= 0.3 is 11.9 Å². The largest absolute Gasteiger partial charge is 0.478 e. The molecule has 2 N–H and O–H groups in total. The van der Waals surface area contributed by atoms with Gasteiger partial charge in [0.25, 0.3) is 0 Å². The van der Waals surface area contributed by atoms with Crippen LogP contribution in [-0.2, 0) is 20.1 Å². The van der Waals surface area contributed by atoms with Crippen molar-refractivity contribution in [2.45, 2.75) is 24.3 Å². The highest BCUT2D eigenvalue weighted by molar-refractivity contribution is 8.21. The Labute approximate surface area is 178 Å². The predicted octanol–water partition coefficient (Wildman–Crippen LogP) is 4.92. The van der Waals surface area contributed by atoms with E-state index in [1.807, 2.05) is 30.3 Å². The van der Waals surface area contributed by atoms with E-state index < -0.39 is 11.9 Å². The van der Waals surface area contributed by atoms with Crippen molar-refractivity contribution in [3.8, 4) is 0 Å². The zero-order valence-corrected chi connectivity index (χ0v) is 17.7. The van der Waals surface area contributed by atoms with Gasteiger partial charge in [0.1, 0.15) is 16.5 Å². The van der Waals surface area contributed by atoms with Crippen molar-refractivity contribution in [1.29, 1.82) is 0 Å². The second-order valence-electron chi connectivity index (χ2n) is 6.33. The van der Waals surface area contributed by atoms with Gasteiger partial charge in [-0.25, -0.2) is 4.79 Å². The summed E-state index contributed by atoms with van der Waals surface area (Å²) in [5.41, 5.74) is 3.69. The molecule has 0 fully saturated rings. The summed E-state index contributed by atoms with van der Waals surface area (Å²) in [5, 5.41) is 13.0. The maximum absolute atomic E-state index is 11.7. The van der Waals surface area contributed by atoms with Crippen LogP contribution in [0.15, 0.2) is 66.6 Å². The van der Waals surface area contributed by atoms with E-state index in [0.29, 0.717) is 11.3 Å². The van der Waals surface area contributed by atoms with E-state index in [1.54, 1.807) is 35.7 Å². The first-order chi connectivity index (χ1) is 14.0. The van der Waals surface area contributed by atoms with E-state index in [-0.39, 0.29) is 10.3 Å². The monoisotopic (exact) mass is 427 g/mol. The molecule has 1 aliphatic rings. The fraction of sp³-hybridized carbons (Fsp3) is 0.182. The van der Waals surface area contributed by atoms with Crippen LogP contribution in [0.1, 0.15) is 30.5 Å². The van der Waals surface area contributed by atoms with Crippen molar-refractivity contribution in [3.05, 3.63) is 83.2 Å². The Morgan fingerprint density at radius 3 is 2.55 bits per heavy atom. The minimum Gasteiger partial charge on any atom is -0.478 e. The number of hydrogen-bond acceptors (Lipinski definition) is 6. The number of aliphatic carboxylic acids is 1. The fourth-order valence-corrected chi connectivity index (χ4v) is 5.43. The van der Waals surface area contributed by atoms with Gasteiger partial charge in [0.15, 0.2) is 0 Å². The number of benzene rings is 2. The number of allylic oxidation sites excluding steroid dienone is 1. The summed E-state index contributed by atoms with van der Waals surface area (Å²) >= 11 is 3.45. The highest BCUT2D eigenvalue weighted by atomic mass is 32.2. The van der Waals surface area contributed by atoms with Gasteiger partial charge < -0.3 is 15.2 Å². The summed E-state index contributed by atoms with van der Waals surface area (Å²) in [5.74, 6) is -1.08. The van der Waals surface area contributed by atoms with E-state index >= 15 is 0 Å². The lowest BCUT2D eigenvalue weighted by Gasteiger charge is -2.14. The van der Waals surface area contributed by atoms with Crippen molar-refractivity contribution in [2.24, 2.45) is 0 Å². The lowest BCUT2D eigenvalue weighted by atomic mass is 10.0. The molecule has 0 spiro atoms. The van der Waals surface area contributed by atoms with Gasteiger partial charge in [0.05, 0.1) is 0 Å². The standard InChI is InChI=1S/C22H21NO4S2/c1-14-20(16-8-4-3-5-9-16)29-22(23-14)28-13-17-10-6-7-11-18(17)19(21(25)26)12-27-15(2)24/h3-12,22-23H,13H2,1-2H3,(H,25,26)/b19-12+. The maximum atomic E-state index is 11.7. The molecule has 0 aromatic heterocycles. The number of thioether (sulfide) groups is 2. The highest BCUT2D eigenvalue weighted by Crippen LogP contribution is 2.43. The zero-order valence-electron chi connectivity index (χ0n) is 16.0. The molecule has 1 aliphatic heterocycles. The number of carbonyl (C=O) groups excluding carboxylic acids is 1. The summed E-state index contributed by atoms with van der Waals surface area (Å²) in [6, 6.07) is 17.5. The van der Waals surface area contributed by atoms with Crippen molar-refractivity contribution in [2.75, 3.05) is 0 Å². The summed E-state index contributed by atoms with van der Waals surface area (Å²) in [6.07, 6.45) is 1.01. The molecular formula is C22H21NO4S2. The number of nitrogens with one attached hydrogen (secondary N) is 1. The Morgan fingerprint density at radius 2 is 1.86 bits per heavy atom. The van der Waals surface area contributed by atoms with Crippen LogP contribution in [-0.4, -0.2) is 21.8 Å². The number of carbonyl (C=O) groups is 2. The minimum atomic E-state index is -1.14. The molecule has 2 aromatic rings. The third-order valence-corrected chi connectivity index (χ3v) is 6.91. The van der Waals surface area contributed by atoms with Crippen LogP contribution in [0, 0.1) is 0 Å². The summed E-state index contributed by atoms with van der Waals surface area (Å²) in [7, 11) is 0. The Balaban J connectivity index is 1.72. The molecule has 0 bridgehead atoms. The van der Waals surface area contributed by atoms with Crippen LogP contribution in [0.5, 0.6) is 0 Å². The molecule has 1 atom stereocenters. The smallest absolute Gasteiger partial charge is 0.339 e. The van der Waals surface area contributed by atoms with Gasteiger partial charge in [-0.15, -0.1) is 11.8 Å². The van der Waals surface area contributed by atoms with Crippen molar-refractivity contribution in [3.63, 3.8) is 0 Å². The maximum Gasteiger partial charge on any atom is 0.339 e. The lowest BCUT2D eigenvalue weighted by Crippen LogP contribution is -2.15. The normalized spacial score (nSPS) is 16.5. The molecule has 0 radical (unpaired) electrons. The van der Waals surface area contributed by atoms with Crippen LogP contribution in [0.4, 0.5) is 0 Å². The third-order valence-electron chi connectivity index (χ3n) is 4.21. The Bertz CT molecular complexity index is 970. The molecule has 7 heteroatoms. The molecule has 2 aromatic carbocycles. The molecule has 0 aliphatic carbocycles. The van der Waals surface area contributed by atoms with Crippen LogP contribution >= 0.6 is 23.5 Å². The third kappa shape index (κ3) is 5.46. The van der Waals surface area contributed by atoms with E-state index in [4.69, 9.17) is 4.74 Å². The second kappa shape index (κ2) is 9.71. The van der Waals surface area contributed by atoms with Gasteiger partial charge in [0.2, 0.25) is 0 Å². The summed E-state index contributed by atoms with van der Waals surface area (Å²) < 4.78 is 4.95. The van der Waals surface area contributed by atoms with Crippen molar-refractivity contribution < 1.29 is 19.4 Å². The average molecular weight is 428 g/mol. The quantitative estimate of drug-likeness (QED) is 0.369. The molecule has 1 unspecified atom stereocenters. The SMILES string of the molecule is CC(=O)O/C=C(/C(=O)O)c1ccccc1CSC1NC(C)=C(c2ccccc2)S1. The van der Waals surface area contributed by atoms with Gasteiger partial charge in [-0.3, -0.25) is 4.79 Å². The first kappa shape index (κ1) is 21.1. The van der Waals surface area contributed by atoms with E-state index in [1.165, 1.54) is 17.4 Å². The summed E-state index contributed by atoms with van der Waals surface area (Å²) in [6.45, 7) is 3.30. The molecular weight excluding hydrogens is 406 g/mol. The van der Waals surface area contributed by atoms with Crippen LogP contribution in [0.3, 0.4) is 0 Å². The number of carboxylic acids is 1. The highest BCUT2D eigenvalue weighted by Gasteiger charge is 2.24. The molecule has 29 heavy (non-hydrogen) atoms. The van der Waals surface area contributed by atoms with Gasteiger partial charge in [0, 0.05) is 23.3 Å². The van der Waals surface area contributed by atoms with Gasteiger partial charge in [-0.05, 0) is 23.6 Å². The molecule has 0 saturated carbocycles. The number of carboxylic acid groups (broad SMARTS) is 1. The second-order valence-corrected chi connectivity index (χ2v) is 8.84. The van der Waals surface area contributed by atoms with E-state index in [0.717, 1.165) is 17.5 Å². The van der Waals surface area contributed by atoms with E-state index in [2.05, 4.69) is 24.4 Å². The number of ether oxygens (including phenoxy) is 1. The number of esters is 1. The molecule has 0 saturated heterocycles. The Hall–Kier alpha value is -2.64. The van der Waals surface area contributed by atoms with Crippen LogP contribution < -0.4 is 5.32 Å². The summed E-state index contributed by atoms with van der Waals surface area (Å²) in [4.78, 5) is 24.0. The first-order valence-electron chi connectivity index (χ1n) is 8.95. The van der Waals surface area contributed by atoms with Crippen molar-refractivity contribution in [1.82, 2.24) is 5.32 Å². The topological polar surface area (TPSA) is 75.6 Å². The fourth-order valence-electron chi connectivity index (χ4n) is 2.86. The Kier molecular flexibility index (Phi) is 7.06. The van der Waals surface area contributed by atoms with Gasteiger partial charge in [-0.1, -0.05) is 66.4 Å². The average Bonchev–Trinajstić information content (AvgIpc) is 3.08. The minimum absolute atomic E-state index is 0.0392. The molecule has 5 nitrogen and oxygen atoms in total. The molecule has 0 amide bonds. The number of hydrogen-bond donors (Lipinski definition) is 2. The van der Waals surface area contributed by atoms with Crippen molar-refractivity contribution >= 4 is 45.9 Å². The molecule has 3 rings (SSSR count). The molecule has 1 heterocycles. The molecule has 150 valence electrons. The predicted molar refractivity (Wildman–Crippen MR) is 119 cm³/mol. The number of rotatable bonds is 7. The Morgan fingerprint density at radius 1 is 1.17 bits per heavy atom.